The lowest BCUT2D eigenvalue weighted by atomic mass is 10.1. The zero-order valence-corrected chi connectivity index (χ0v) is 13.4. The standard InChI is InChI=1S/C18H24N2O2/c1-3-4-5-10-19-17(21)9-8-15-12-14-7-6-13(2)11-16(14)20-18(15)22/h6-7,11-12H,3-5,8-10H2,1-2H3,(H,19,21)(H,20,22). The van der Waals surface area contributed by atoms with Gasteiger partial charge in [-0.25, -0.2) is 0 Å². The van der Waals surface area contributed by atoms with Crippen molar-refractivity contribution in [3.8, 4) is 0 Å². The van der Waals surface area contributed by atoms with E-state index in [-0.39, 0.29) is 11.5 Å². The first-order valence-corrected chi connectivity index (χ1v) is 7.99. The van der Waals surface area contributed by atoms with Crippen molar-refractivity contribution in [2.45, 2.75) is 46.0 Å². The van der Waals surface area contributed by atoms with Crippen molar-refractivity contribution < 1.29 is 4.79 Å². The van der Waals surface area contributed by atoms with Crippen LogP contribution >= 0.6 is 0 Å². The van der Waals surface area contributed by atoms with Gasteiger partial charge in [-0.15, -0.1) is 0 Å². The number of fused-ring (bicyclic) bond motifs is 1. The molecule has 2 N–H and O–H groups in total. The fraction of sp³-hybridized carbons (Fsp3) is 0.444. The molecule has 0 saturated heterocycles. The quantitative estimate of drug-likeness (QED) is 0.772. The Labute approximate surface area is 130 Å². The number of H-pyrrole nitrogens is 1. The molecule has 0 aliphatic heterocycles. The lowest BCUT2D eigenvalue weighted by Crippen LogP contribution is -2.25. The summed E-state index contributed by atoms with van der Waals surface area (Å²) >= 11 is 0. The number of nitrogens with one attached hydrogen (secondary N) is 2. The van der Waals surface area contributed by atoms with Crippen LogP contribution in [-0.4, -0.2) is 17.4 Å². The largest absolute Gasteiger partial charge is 0.356 e. The van der Waals surface area contributed by atoms with Crippen LogP contribution in [0.25, 0.3) is 10.9 Å². The van der Waals surface area contributed by atoms with Crippen molar-refractivity contribution in [1.29, 1.82) is 0 Å². The van der Waals surface area contributed by atoms with Crippen molar-refractivity contribution in [1.82, 2.24) is 10.3 Å². The zero-order valence-electron chi connectivity index (χ0n) is 13.4. The summed E-state index contributed by atoms with van der Waals surface area (Å²) in [6.45, 7) is 4.85. The minimum absolute atomic E-state index is 0.0134. The fourth-order valence-electron chi connectivity index (χ4n) is 2.49. The molecule has 0 atom stereocenters. The molecule has 4 heteroatoms. The molecule has 1 aromatic carbocycles. The molecule has 2 aromatic rings. The number of amides is 1. The summed E-state index contributed by atoms with van der Waals surface area (Å²) in [6, 6.07) is 7.86. The second kappa shape index (κ2) is 7.78. The first-order valence-electron chi connectivity index (χ1n) is 7.99. The van der Waals surface area contributed by atoms with Crippen molar-refractivity contribution in [3.63, 3.8) is 0 Å². The third-order valence-electron chi connectivity index (χ3n) is 3.80. The Balaban J connectivity index is 1.97. The van der Waals surface area contributed by atoms with Crippen LogP contribution in [-0.2, 0) is 11.2 Å². The van der Waals surface area contributed by atoms with Gasteiger partial charge in [-0.1, -0.05) is 31.9 Å². The van der Waals surface area contributed by atoms with Gasteiger partial charge in [0.1, 0.15) is 0 Å². The Morgan fingerprint density at radius 2 is 2.05 bits per heavy atom. The van der Waals surface area contributed by atoms with E-state index in [1.54, 1.807) is 0 Å². The van der Waals surface area contributed by atoms with Gasteiger partial charge in [-0.2, -0.15) is 0 Å². The van der Waals surface area contributed by atoms with Crippen LogP contribution in [0.3, 0.4) is 0 Å². The molecule has 0 aliphatic carbocycles. The normalized spacial score (nSPS) is 10.8. The number of carbonyl (C=O) groups is 1. The fourth-order valence-corrected chi connectivity index (χ4v) is 2.49. The number of carbonyl (C=O) groups excluding carboxylic acids is 1. The highest BCUT2D eigenvalue weighted by Gasteiger charge is 2.06. The van der Waals surface area contributed by atoms with E-state index in [1.165, 1.54) is 0 Å². The molecule has 0 aliphatic rings. The highest BCUT2D eigenvalue weighted by Crippen LogP contribution is 2.13. The molecule has 2 rings (SSSR count). The zero-order chi connectivity index (χ0) is 15.9. The maximum atomic E-state index is 12.1. The summed E-state index contributed by atoms with van der Waals surface area (Å²) in [5.41, 5.74) is 2.53. The summed E-state index contributed by atoms with van der Waals surface area (Å²) in [4.78, 5) is 26.7. The smallest absolute Gasteiger partial charge is 0.251 e. The van der Waals surface area contributed by atoms with E-state index in [9.17, 15) is 9.59 Å². The van der Waals surface area contributed by atoms with Crippen molar-refractivity contribution in [2.24, 2.45) is 0 Å². The van der Waals surface area contributed by atoms with E-state index in [0.717, 1.165) is 42.3 Å². The lowest BCUT2D eigenvalue weighted by Gasteiger charge is -2.06. The lowest BCUT2D eigenvalue weighted by molar-refractivity contribution is -0.121. The van der Waals surface area contributed by atoms with E-state index in [2.05, 4.69) is 17.2 Å². The van der Waals surface area contributed by atoms with E-state index in [1.807, 2.05) is 31.2 Å². The number of hydrogen-bond donors (Lipinski definition) is 2. The van der Waals surface area contributed by atoms with Gasteiger partial charge in [0.15, 0.2) is 0 Å². The van der Waals surface area contributed by atoms with Gasteiger partial charge in [0.2, 0.25) is 5.91 Å². The van der Waals surface area contributed by atoms with E-state index in [0.29, 0.717) is 18.4 Å². The maximum Gasteiger partial charge on any atom is 0.251 e. The molecular formula is C18H24N2O2. The number of hydrogen-bond acceptors (Lipinski definition) is 2. The SMILES string of the molecule is CCCCCNC(=O)CCc1cc2ccc(C)cc2[nH]c1=O. The number of benzene rings is 1. The summed E-state index contributed by atoms with van der Waals surface area (Å²) in [7, 11) is 0. The number of unbranched alkanes of at least 4 members (excludes halogenated alkanes) is 2. The third-order valence-corrected chi connectivity index (χ3v) is 3.80. The van der Waals surface area contributed by atoms with Gasteiger partial charge in [0.25, 0.3) is 5.56 Å². The number of pyridine rings is 1. The summed E-state index contributed by atoms with van der Waals surface area (Å²) < 4.78 is 0. The van der Waals surface area contributed by atoms with Crippen LogP contribution in [0.1, 0.15) is 43.7 Å². The second-order valence-corrected chi connectivity index (χ2v) is 5.77. The predicted molar refractivity (Wildman–Crippen MR) is 90.2 cm³/mol. The molecule has 4 nitrogen and oxygen atoms in total. The molecule has 22 heavy (non-hydrogen) atoms. The van der Waals surface area contributed by atoms with Crippen LogP contribution in [0.4, 0.5) is 0 Å². The van der Waals surface area contributed by atoms with Crippen molar-refractivity contribution in [3.05, 3.63) is 45.7 Å². The van der Waals surface area contributed by atoms with Crippen LogP contribution in [0.2, 0.25) is 0 Å². The monoisotopic (exact) mass is 300 g/mol. The Bertz CT molecular complexity index is 704. The Morgan fingerprint density at radius 3 is 2.82 bits per heavy atom. The molecular weight excluding hydrogens is 276 g/mol. The van der Waals surface area contributed by atoms with Gasteiger partial charge in [0, 0.05) is 24.0 Å². The molecule has 0 fully saturated rings. The Hall–Kier alpha value is -2.10. The number of aryl methyl sites for hydroxylation is 2. The van der Waals surface area contributed by atoms with Gasteiger partial charge in [-0.05, 0) is 42.8 Å². The molecule has 1 aromatic heterocycles. The number of aromatic nitrogens is 1. The van der Waals surface area contributed by atoms with Crippen LogP contribution in [0, 0.1) is 6.92 Å². The molecule has 0 unspecified atom stereocenters. The van der Waals surface area contributed by atoms with Crippen LogP contribution in [0.15, 0.2) is 29.1 Å². The van der Waals surface area contributed by atoms with Gasteiger partial charge >= 0.3 is 0 Å². The molecule has 0 radical (unpaired) electrons. The van der Waals surface area contributed by atoms with Crippen LogP contribution < -0.4 is 10.9 Å². The van der Waals surface area contributed by atoms with E-state index < -0.39 is 0 Å². The molecule has 118 valence electrons. The summed E-state index contributed by atoms with van der Waals surface area (Å²) in [5, 5.41) is 3.90. The molecule has 0 saturated carbocycles. The topological polar surface area (TPSA) is 62.0 Å². The van der Waals surface area contributed by atoms with Gasteiger partial charge in [-0.3, -0.25) is 9.59 Å². The minimum Gasteiger partial charge on any atom is -0.356 e. The van der Waals surface area contributed by atoms with Crippen molar-refractivity contribution in [2.75, 3.05) is 6.54 Å². The average Bonchev–Trinajstić information content (AvgIpc) is 2.49. The first-order chi connectivity index (χ1) is 10.6. The molecule has 0 bridgehead atoms. The highest BCUT2D eigenvalue weighted by molar-refractivity contribution is 5.80. The summed E-state index contributed by atoms with van der Waals surface area (Å²) in [5.74, 6) is 0.0134. The van der Waals surface area contributed by atoms with E-state index >= 15 is 0 Å². The maximum absolute atomic E-state index is 12.1. The number of rotatable bonds is 7. The first kappa shape index (κ1) is 16.3. The average molecular weight is 300 g/mol. The van der Waals surface area contributed by atoms with E-state index in [4.69, 9.17) is 0 Å². The molecule has 1 heterocycles. The van der Waals surface area contributed by atoms with Gasteiger partial charge < -0.3 is 10.3 Å². The summed E-state index contributed by atoms with van der Waals surface area (Å²) in [6.07, 6.45) is 4.11. The third kappa shape index (κ3) is 4.45. The van der Waals surface area contributed by atoms with Gasteiger partial charge in [0.05, 0.1) is 0 Å². The Kier molecular flexibility index (Phi) is 5.75. The molecule has 0 spiro atoms. The van der Waals surface area contributed by atoms with Crippen LogP contribution in [0.5, 0.6) is 0 Å². The second-order valence-electron chi connectivity index (χ2n) is 5.77. The Morgan fingerprint density at radius 1 is 1.23 bits per heavy atom. The predicted octanol–water partition coefficient (Wildman–Crippen LogP) is 3.08. The number of aromatic amines is 1. The minimum atomic E-state index is -0.100. The highest BCUT2D eigenvalue weighted by atomic mass is 16.1. The van der Waals surface area contributed by atoms with Crippen molar-refractivity contribution >= 4 is 16.8 Å². The molecule has 1 amide bonds.